The quantitative estimate of drug-likeness (QED) is 0.406. The lowest BCUT2D eigenvalue weighted by atomic mass is 10.0. The van der Waals surface area contributed by atoms with E-state index < -0.39 is 0 Å². The number of nitrogens with zero attached hydrogens (tertiary/aromatic N) is 6. The predicted molar refractivity (Wildman–Crippen MR) is 147 cm³/mol. The fraction of sp³-hybridized carbons (Fsp3) is 0.276. The van der Waals surface area contributed by atoms with E-state index >= 15 is 0 Å². The molecule has 0 aliphatic carbocycles. The van der Waals surface area contributed by atoms with Crippen molar-refractivity contribution in [1.29, 1.82) is 0 Å². The minimum Gasteiger partial charge on any atom is -0.369 e. The van der Waals surface area contributed by atoms with E-state index in [0.717, 1.165) is 55.2 Å². The van der Waals surface area contributed by atoms with Gasteiger partial charge in [-0.3, -0.25) is 9.82 Å². The first-order valence-electron chi connectivity index (χ1n) is 12.8. The molecule has 0 unspecified atom stereocenters. The van der Waals surface area contributed by atoms with Gasteiger partial charge < -0.3 is 15.1 Å². The van der Waals surface area contributed by atoms with Gasteiger partial charge >= 0.3 is 0 Å². The van der Waals surface area contributed by atoms with Crippen LogP contribution in [0.2, 0.25) is 0 Å². The van der Waals surface area contributed by atoms with Gasteiger partial charge in [-0.15, -0.1) is 0 Å². The first-order chi connectivity index (χ1) is 18.2. The molecule has 2 fully saturated rings. The number of likely N-dealkylation sites (N-methyl/N-ethyl adjacent to an activating group) is 1. The smallest absolute Gasteiger partial charge is 0.229 e. The van der Waals surface area contributed by atoms with E-state index in [0.29, 0.717) is 12.6 Å². The zero-order valence-corrected chi connectivity index (χ0v) is 21.0. The Morgan fingerprint density at radius 3 is 2.46 bits per heavy atom. The molecule has 0 radical (unpaired) electrons. The summed E-state index contributed by atoms with van der Waals surface area (Å²) in [4.78, 5) is 24.9. The van der Waals surface area contributed by atoms with Crippen LogP contribution in [0.3, 0.4) is 0 Å². The first kappa shape index (κ1) is 23.4. The van der Waals surface area contributed by atoms with Crippen LogP contribution in [0.5, 0.6) is 0 Å². The Morgan fingerprint density at radius 2 is 1.70 bits per heavy atom. The third-order valence-electron chi connectivity index (χ3n) is 7.03. The van der Waals surface area contributed by atoms with Gasteiger partial charge in [0, 0.05) is 73.7 Å². The minimum absolute atomic E-state index is 0.0715. The minimum atomic E-state index is 0.0715. The van der Waals surface area contributed by atoms with Crippen LogP contribution in [0.1, 0.15) is 18.0 Å². The normalized spacial score (nSPS) is 18.2. The molecule has 8 heteroatoms. The molecule has 4 heterocycles. The summed E-state index contributed by atoms with van der Waals surface area (Å²) in [5, 5.41) is 5.32. The molecule has 0 saturated carbocycles. The van der Waals surface area contributed by atoms with Gasteiger partial charge in [0.15, 0.2) is 5.82 Å². The number of rotatable bonds is 6. The molecule has 2 saturated heterocycles. The number of piperazine rings is 1. The van der Waals surface area contributed by atoms with Gasteiger partial charge in [-0.05, 0) is 42.9 Å². The summed E-state index contributed by atoms with van der Waals surface area (Å²) in [5.41, 5.74) is 5.21. The summed E-state index contributed by atoms with van der Waals surface area (Å²) in [5.74, 6) is 1.25. The van der Waals surface area contributed by atoms with Gasteiger partial charge in [0.05, 0.1) is 12.6 Å². The second kappa shape index (κ2) is 10.5. The van der Waals surface area contributed by atoms with E-state index in [2.05, 4.69) is 80.7 Å². The van der Waals surface area contributed by atoms with E-state index in [-0.39, 0.29) is 6.04 Å². The monoisotopic (exact) mass is 493 g/mol. The topological polar surface area (TPSA) is 69.7 Å². The Morgan fingerprint density at radius 1 is 0.892 bits per heavy atom. The summed E-state index contributed by atoms with van der Waals surface area (Å²) < 4.78 is 0. The van der Waals surface area contributed by atoms with Gasteiger partial charge in [0.1, 0.15) is 0 Å². The van der Waals surface area contributed by atoms with E-state index in [9.17, 15) is 0 Å². The summed E-state index contributed by atoms with van der Waals surface area (Å²) in [7, 11) is 2.17. The lowest BCUT2D eigenvalue weighted by Gasteiger charge is -2.34. The molecule has 1 N–H and O–H groups in total. The maximum Gasteiger partial charge on any atom is 0.229 e. The van der Waals surface area contributed by atoms with Crippen LogP contribution in [0.4, 0.5) is 23.1 Å². The Hall–Kier alpha value is -4.01. The molecule has 2 aromatic heterocycles. The number of nitrogens with one attached hydrogen (secondary N) is 1. The molecule has 0 spiro atoms. The Kier molecular flexibility index (Phi) is 6.66. The van der Waals surface area contributed by atoms with Crippen LogP contribution in [0, 0.1) is 0 Å². The number of hydroxylamine groups is 1. The summed E-state index contributed by atoms with van der Waals surface area (Å²) in [6, 6.07) is 22.9. The number of aromatic nitrogens is 3. The maximum absolute atomic E-state index is 6.15. The predicted octanol–water partition coefficient (Wildman–Crippen LogP) is 4.92. The van der Waals surface area contributed by atoms with Gasteiger partial charge in [-0.1, -0.05) is 36.4 Å². The summed E-state index contributed by atoms with van der Waals surface area (Å²) >= 11 is 0. The number of hydrogen-bond donors (Lipinski definition) is 1. The van der Waals surface area contributed by atoms with Crippen LogP contribution in [0.25, 0.3) is 11.1 Å². The first-order valence-corrected chi connectivity index (χ1v) is 12.8. The summed E-state index contributed by atoms with van der Waals surface area (Å²) in [6.07, 6.45) is 6.34. The van der Waals surface area contributed by atoms with Crippen LogP contribution in [0.15, 0.2) is 85.3 Å². The average molecular weight is 494 g/mol. The average Bonchev–Trinajstić information content (AvgIpc) is 3.45. The maximum atomic E-state index is 6.15. The molecule has 2 aromatic carbocycles. The second-order valence-electron chi connectivity index (χ2n) is 9.51. The largest absolute Gasteiger partial charge is 0.369 e. The van der Waals surface area contributed by atoms with Crippen molar-refractivity contribution in [2.24, 2.45) is 0 Å². The zero-order chi connectivity index (χ0) is 25.0. The highest BCUT2D eigenvalue weighted by Crippen LogP contribution is 2.39. The van der Waals surface area contributed by atoms with E-state index in [1.165, 1.54) is 11.3 Å². The van der Waals surface area contributed by atoms with Crippen molar-refractivity contribution in [2.45, 2.75) is 12.5 Å². The lowest BCUT2D eigenvalue weighted by molar-refractivity contribution is 0.157. The number of hydrogen-bond acceptors (Lipinski definition) is 8. The van der Waals surface area contributed by atoms with Crippen LogP contribution >= 0.6 is 0 Å². The van der Waals surface area contributed by atoms with Crippen molar-refractivity contribution in [1.82, 2.24) is 19.9 Å². The third kappa shape index (κ3) is 5.12. The van der Waals surface area contributed by atoms with E-state index in [4.69, 9.17) is 9.82 Å². The number of pyridine rings is 1. The van der Waals surface area contributed by atoms with Crippen molar-refractivity contribution >= 4 is 23.1 Å². The van der Waals surface area contributed by atoms with Gasteiger partial charge in [-0.25, -0.2) is 10.0 Å². The molecule has 4 aromatic rings. The molecule has 6 rings (SSSR count). The zero-order valence-electron chi connectivity index (χ0n) is 21.0. The molecule has 0 amide bonds. The van der Waals surface area contributed by atoms with Gasteiger partial charge in [0.2, 0.25) is 5.95 Å². The second-order valence-corrected chi connectivity index (χ2v) is 9.51. The third-order valence-corrected chi connectivity index (χ3v) is 7.03. The molecular weight excluding hydrogens is 462 g/mol. The fourth-order valence-corrected chi connectivity index (χ4v) is 4.93. The van der Waals surface area contributed by atoms with Crippen LogP contribution in [-0.2, 0) is 4.84 Å². The molecule has 1 atom stereocenters. The summed E-state index contributed by atoms with van der Waals surface area (Å²) in [6.45, 7) is 4.89. The van der Waals surface area contributed by atoms with E-state index in [1.807, 2.05) is 35.7 Å². The standard InChI is InChI=1S/C29H31N7O/c1-34-15-17-35(18-16-34)25-11-9-24(10-12-25)32-29-31-21-26(23-8-5-14-30-20-23)28(33-29)36-27(13-19-37-36)22-6-3-2-4-7-22/h2-12,14,20-21,27H,13,15-19H2,1H3,(H,31,32,33)/t27-/m0/s1. The molecule has 2 aliphatic heterocycles. The molecule has 2 aliphatic rings. The van der Waals surface area contributed by atoms with Gasteiger partial charge in [-0.2, -0.15) is 4.98 Å². The highest BCUT2D eigenvalue weighted by atomic mass is 16.7. The van der Waals surface area contributed by atoms with E-state index in [1.54, 1.807) is 6.20 Å². The van der Waals surface area contributed by atoms with Gasteiger partial charge in [0.25, 0.3) is 0 Å². The molecular formula is C29H31N7O. The lowest BCUT2D eigenvalue weighted by Crippen LogP contribution is -2.44. The SMILES string of the molecule is CN1CCN(c2ccc(Nc3ncc(-c4cccnc4)c(N4OCC[C@H]4c4ccccc4)n3)cc2)CC1. The van der Waals surface area contributed by atoms with Crippen molar-refractivity contribution in [3.63, 3.8) is 0 Å². The Balaban J connectivity index is 1.29. The van der Waals surface area contributed by atoms with Crippen molar-refractivity contribution in [2.75, 3.05) is 55.1 Å². The molecule has 37 heavy (non-hydrogen) atoms. The van der Waals surface area contributed by atoms with Crippen molar-refractivity contribution in [3.8, 4) is 11.1 Å². The molecule has 8 nitrogen and oxygen atoms in total. The molecule has 188 valence electrons. The van der Waals surface area contributed by atoms with Crippen LogP contribution < -0.4 is 15.3 Å². The number of anilines is 4. The number of benzene rings is 2. The highest BCUT2D eigenvalue weighted by molar-refractivity contribution is 5.76. The Bertz CT molecular complexity index is 1310. The van der Waals surface area contributed by atoms with Crippen LogP contribution in [-0.4, -0.2) is 59.7 Å². The Labute approximate surface area is 217 Å². The fourth-order valence-electron chi connectivity index (χ4n) is 4.93. The molecule has 0 bridgehead atoms. The van der Waals surface area contributed by atoms with Crippen molar-refractivity contribution < 1.29 is 4.84 Å². The van der Waals surface area contributed by atoms with Crippen molar-refractivity contribution in [3.05, 3.63) is 90.9 Å². The highest BCUT2D eigenvalue weighted by Gasteiger charge is 2.31.